The summed E-state index contributed by atoms with van der Waals surface area (Å²) in [6.45, 7) is 10.4. The Labute approximate surface area is 93.9 Å². The molecule has 0 aromatic rings. The Morgan fingerprint density at radius 3 is 2.40 bits per heavy atom. The maximum absolute atomic E-state index is 10.3. The van der Waals surface area contributed by atoms with E-state index in [9.17, 15) is 5.11 Å². The molecule has 0 amide bonds. The van der Waals surface area contributed by atoms with Crippen molar-refractivity contribution in [1.29, 1.82) is 0 Å². The molecule has 15 heavy (non-hydrogen) atoms. The molecule has 0 spiro atoms. The molecule has 0 atom stereocenters. The number of hydrogen-bond acceptors (Lipinski definition) is 3. The Kier molecular flexibility index (Phi) is 5.03. The van der Waals surface area contributed by atoms with E-state index in [1.165, 1.54) is 0 Å². The normalized spacial score (nSPS) is 22.2. The molecule has 0 unspecified atom stereocenters. The van der Waals surface area contributed by atoms with Gasteiger partial charge in [0.05, 0.1) is 5.60 Å². The predicted molar refractivity (Wildman–Crippen MR) is 64.1 cm³/mol. The summed E-state index contributed by atoms with van der Waals surface area (Å²) in [5.41, 5.74) is -0.458. The van der Waals surface area contributed by atoms with E-state index in [0.717, 1.165) is 45.4 Å². The molecule has 0 radical (unpaired) electrons. The Morgan fingerprint density at radius 2 is 1.93 bits per heavy atom. The van der Waals surface area contributed by atoms with E-state index in [4.69, 9.17) is 0 Å². The Hall–Kier alpha value is -0.120. The number of nitrogens with zero attached hydrogens (tertiary/aromatic N) is 1. The van der Waals surface area contributed by atoms with Gasteiger partial charge in [-0.3, -0.25) is 0 Å². The van der Waals surface area contributed by atoms with E-state index in [2.05, 4.69) is 31.0 Å². The van der Waals surface area contributed by atoms with Gasteiger partial charge in [-0.2, -0.15) is 0 Å². The van der Waals surface area contributed by atoms with Crippen LogP contribution in [-0.2, 0) is 0 Å². The number of likely N-dealkylation sites (tertiary alicyclic amines) is 1. The third-order valence-corrected chi connectivity index (χ3v) is 3.34. The van der Waals surface area contributed by atoms with Gasteiger partial charge in [0.2, 0.25) is 0 Å². The van der Waals surface area contributed by atoms with Crippen LogP contribution in [0.3, 0.4) is 0 Å². The summed E-state index contributed by atoms with van der Waals surface area (Å²) in [5, 5.41) is 13.6. The zero-order valence-electron chi connectivity index (χ0n) is 10.4. The molecular formula is C12H26N2O. The molecule has 1 aliphatic rings. The van der Waals surface area contributed by atoms with Crippen molar-refractivity contribution in [1.82, 2.24) is 10.2 Å². The van der Waals surface area contributed by atoms with Gasteiger partial charge in [0, 0.05) is 25.7 Å². The van der Waals surface area contributed by atoms with Crippen LogP contribution in [0.15, 0.2) is 0 Å². The molecule has 90 valence electrons. The van der Waals surface area contributed by atoms with Gasteiger partial charge in [0.15, 0.2) is 0 Å². The van der Waals surface area contributed by atoms with Crippen molar-refractivity contribution in [3.8, 4) is 0 Å². The van der Waals surface area contributed by atoms with Gasteiger partial charge in [0.1, 0.15) is 0 Å². The van der Waals surface area contributed by atoms with Gasteiger partial charge in [-0.15, -0.1) is 0 Å². The van der Waals surface area contributed by atoms with Crippen LogP contribution in [0.2, 0.25) is 0 Å². The molecule has 1 fully saturated rings. The molecule has 0 saturated carbocycles. The molecule has 0 aliphatic carbocycles. The fraction of sp³-hybridized carbons (Fsp3) is 1.00. The van der Waals surface area contributed by atoms with Gasteiger partial charge in [-0.05, 0) is 39.7 Å². The highest BCUT2D eigenvalue weighted by Crippen LogP contribution is 2.22. The monoisotopic (exact) mass is 214 g/mol. The van der Waals surface area contributed by atoms with Crippen molar-refractivity contribution in [2.75, 3.05) is 26.2 Å². The van der Waals surface area contributed by atoms with Crippen LogP contribution in [-0.4, -0.2) is 47.8 Å². The third-order valence-electron chi connectivity index (χ3n) is 3.34. The minimum absolute atomic E-state index is 0.458. The molecule has 0 aromatic carbocycles. The van der Waals surface area contributed by atoms with Gasteiger partial charge >= 0.3 is 0 Å². The maximum atomic E-state index is 10.3. The lowest BCUT2D eigenvalue weighted by molar-refractivity contribution is -0.0261. The standard InChI is InChI=1S/C12H26N2O/c1-4-7-13-10-12(15)5-8-14(9-6-12)11(2)3/h11,13,15H,4-10H2,1-3H3. The summed E-state index contributed by atoms with van der Waals surface area (Å²) in [4.78, 5) is 2.44. The van der Waals surface area contributed by atoms with Gasteiger partial charge in [-0.25, -0.2) is 0 Å². The molecule has 3 nitrogen and oxygen atoms in total. The second kappa shape index (κ2) is 5.83. The Bertz CT molecular complexity index is 174. The number of hydrogen-bond donors (Lipinski definition) is 2. The van der Waals surface area contributed by atoms with Crippen LogP contribution in [0.4, 0.5) is 0 Å². The zero-order valence-corrected chi connectivity index (χ0v) is 10.4. The van der Waals surface area contributed by atoms with Crippen molar-refractivity contribution in [2.24, 2.45) is 0 Å². The van der Waals surface area contributed by atoms with E-state index in [-0.39, 0.29) is 0 Å². The molecular weight excluding hydrogens is 188 g/mol. The lowest BCUT2D eigenvalue weighted by Crippen LogP contribution is -2.51. The number of rotatable bonds is 5. The van der Waals surface area contributed by atoms with Crippen LogP contribution in [0.25, 0.3) is 0 Å². The summed E-state index contributed by atoms with van der Waals surface area (Å²) in [6.07, 6.45) is 2.94. The van der Waals surface area contributed by atoms with E-state index >= 15 is 0 Å². The number of nitrogens with one attached hydrogen (secondary N) is 1. The van der Waals surface area contributed by atoms with Crippen molar-refractivity contribution < 1.29 is 5.11 Å². The first-order valence-corrected chi connectivity index (χ1v) is 6.24. The summed E-state index contributed by atoms with van der Waals surface area (Å²) < 4.78 is 0. The highest BCUT2D eigenvalue weighted by molar-refractivity contribution is 4.88. The van der Waals surface area contributed by atoms with E-state index in [1.54, 1.807) is 0 Å². The molecule has 2 N–H and O–H groups in total. The molecule has 1 saturated heterocycles. The first-order valence-electron chi connectivity index (χ1n) is 6.24. The van der Waals surface area contributed by atoms with Crippen molar-refractivity contribution in [3.05, 3.63) is 0 Å². The lowest BCUT2D eigenvalue weighted by Gasteiger charge is -2.40. The first kappa shape index (κ1) is 12.9. The van der Waals surface area contributed by atoms with Crippen molar-refractivity contribution in [2.45, 2.75) is 51.7 Å². The highest BCUT2D eigenvalue weighted by Gasteiger charge is 2.32. The molecule has 0 aromatic heterocycles. The third kappa shape index (κ3) is 4.09. The highest BCUT2D eigenvalue weighted by atomic mass is 16.3. The maximum Gasteiger partial charge on any atom is 0.0795 e. The van der Waals surface area contributed by atoms with Gasteiger partial charge in [-0.1, -0.05) is 6.92 Å². The number of aliphatic hydroxyl groups is 1. The summed E-state index contributed by atoms with van der Waals surface area (Å²) in [5.74, 6) is 0. The van der Waals surface area contributed by atoms with Crippen LogP contribution >= 0.6 is 0 Å². The minimum Gasteiger partial charge on any atom is -0.388 e. The van der Waals surface area contributed by atoms with Crippen LogP contribution in [0.1, 0.15) is 40.0 Å². The van der Waals surface area contributed by atoms with E-state index < -0.39 is 5.60 Å². The Balaban J connectivity index is 2.27. The smallest absolute Gasteiger partial charge is 0.0795 e. The van der Waals surface area contributed by atoms with Crippen LogP contribution < -0.4 is 5.32 Å². The SMILES string of the molecule is CCCNCC1(O)CCN(C(C)C)CC1. The van der Waals surface area contributed by atoms with Crippen molar-refractivity contribution in [3.63, 3.8) is 0 Å². The molecule has 1 heterocycles. The van der Waals surface area contributed by atoms with Crippen LogP contribution in [0.5, 0.6) is 0 Å². The largest absolute Gasteiger partial charge is 0.388 e. The first-order chi connectivity index (χ1) is 7.07. The summed E-state index contributed by atoms with van der Waals surface area (Å²) >= 11 is 0. The lowest BCUT2D eigenvalue weighted by atomic mass is 9.90. The quantitative estimate of drug-likeness (QED) is 0.676. The molecule has 1 rings (SSSR count). The van der Waals surface area contributed by atoms with E-state index in [1.807, 2.05) is 0 Å². The predicted octanol–water partition coefficient (Wildman–Crippen LogP) is 1.22. The van der Waals surface area contributed by atoms with Crippen molar-refractivity contribution >= 4 is 0 Å². The second-order valence-electron chi connectivity index (χ2n) is 5.03. The molecule has 0 bridgehead atoms. The average Bonchev–Trinajstić information content (AvgIpc) is 2.18. The molecule has 1 aliphatic heterocycles. The fourth-order valence-corrected chi connectivity index (χ4v) is 2.13. The summed E-state index contributed by atoms with van der Waals surface area (Å²) in [6, 6.07) is 0.609. The summed E-state index contributed by atoms with van der Waals surface area (Å²) in [7, 11) is 0. The van der Waals surface area contributed by atoms with Crippen LogP contribution in [0, 0.1) is 0 Å². The van der Waals surface area contributed by atoms with E-state index in [0.29, 0.717) is 6.04 Å². The topological polar surface area (TPSA) is 35.5 Å². The Morgan fingerprint density at radius 1 is 1.33 bits per heavy atom. The second-order valence-corrected chi connectivity index (χ2v) is 5.03. The number of piperidine rings is 1. The fourth-order valence-electron chi connectivity index (χ4n) is 2.13. The average molecular weight is 214 g/mol. The minimum atomic E-state index is -0.458. The zero-order chi connectivity index (χ0) is 11.3. The van der Waals surface area contributed by atoms with Gasteiger partial charge < -0.3 is 15.3 Å². The van der Waals surface area contributed by atoms with Gasteiger partial charge in [0.25, 0.3) is 0 Å². The molecule has 3 heteroatoms.